The maximum Gasteiger partial charge on any atom is 0.342 e. The minimum absolute atomic E-state index is 0.0114. The Bertz CT molecular complexity index is 1290. The number of hydrogen-bond acceptors (Lipinski definition) is 11. The fraction of sp³-hybridized carbons (Fsp3) is 0.261. The number of esters is 2. The van der Waals surface area contributed by atoms with Crippen molar-refractivity contribution in [2.75, 3.05) is 26.1 Å². The Kier molecular flexibility index (Phi) is 7.66. The van der Waals surface area contributed by atoms with Gasteiger partial charge < -0.3 is 29.1 Å². The van der Waals surface area contributed by atoms with E-state index in [0.29, 0.717) is 22.8 Å². The fourth-order valence-corrected chi connectivity index (χ4v) is 3.06. The number of benzene rings is 1. The molecular formula is C23H22N4O7. The maximum atomic E-state index is 12.2. The number of ether oxygens (including phenoxy) is 4. The van der Waals surface area contributed by atoms with Crippen LogP contribution in [0.15, 0.2) is 28.7 Å². The van der Waals surface area contributed by atoms with Crippen LogP contribution in [0, 0.1) is 18.3 Å². The molecule has 0 bridgehead atoms. The van der Waals surface area contributed by atoms with Crippen LogP contribution >= 0.6 is 0 Å². The molecule has 0 saturated heterocycles. The molecule has 0 radical (unpaired) electrons. The number of carbonyl (C=O) groups is 2. The molecule has 34 heavy (non-hydrogen) atoms. The van der Waals surface area contributed by atoms with Gasteiger partial charge in [-0.1, -0.05) is 6.07 Å². The lowest BCUT2D eigenvalue weighted by atomic mass is 10.2. The molecule has 0 fully saturated rings. The monoisotopic (exact) mass is 466 g/mol. The van der Waals surface area contributed by atoms with E-state index >= 15 is 0 Å². The van der Waals surface area contributed by atoms with E-state index in [-0.39, 0.29) is 48.1 Å². The van der Waals surface area contributed by atoms with Crippen molar-refractivity contribution in [1.82, 2.24) is 9.97 Å². The molecule has 1 aromatic carbocycles. The summed E-state index contributed by atoms with van der Waals surface area (Å²) in [5, 5.41) is 8.88. The second-order valence-electron chi connectivity index (χ2n) is 6.76. The van der Waals surface area contributed by atoms with Gasteiger partial charge in [-0.25, -0.2) is 14.6 Å². The van der Waals surface area contributed by atoms with E-state index in [2.05, 4.69) is 9.97 Å². The van der Waals surface area contributed by atoms with Gasteiger partial charge >= 0.3 is 11.9 Å². The Labute approximate surface area is 194 Å². The molecule has 3 aromatic rings. The number of nitrogens with zero attached hydrogens (tertiary/aromatic N) is 3. The molecule has 0 amide bonds. The Morgan fingerprint density at radius 3 is 2.74 bits per heavy atom. The third-order valence-electron chi connectivity index (χ3n) is 4.52. The Morgan fingerprint density at radius 2 is 2.03 bits per heavy atom. The van der Waals surface area contributed by atoms with Crippen molar-refractivity contribution in [2.24, 2.45) is 0 Å². The van der Waals surface area contributed by atoms with Gasteiger partial charge in [-0.15, -0.1) is 0 Å². The standard InChI is InChI=1S/C23H22N4O7/c1-4-31-23(29)19-13(2)34-22-20(19)21(25)26-17(27-22)12-33-18(28)8-6-14-5-7-15(32-10-9-24)16(11-14)30-3/h5-8,11H,4,10,12H2,1-3H3,(H2,25,26,27)/b8-6+. The number of nitriles is 1. The first-order valence-electron chi connectivity index (χ1n) is 10.1. The number of aromatic nitrogens is 2. The molecule has 11 nitrogen and oxygen atoms in total. The first-order valence-corrected chi connectivity index (χ1v) is 10.1. The molecule has 176 valence electrons. The Hall–Kier alpha value is -4.59. The molecule has 0 saturated carbocycles. The molecule has 0 spiro atoms. The van der Waals surface area contributed by atoms with Crippen LogP contribution in [0.2, 0.25) is 0 Å². The summed E-state index contributed by atoms with van der Waals surface area (Å²) in [7, 11) is 1.47. The van der Waals surface area contributed by atoms with Crippen LogP contribution in [0.25, 0.3) is 17.2 Å². The van der Waals surface area contributed by atoms with Crippen molar-refractivity contribution in [2.45, 2.75) is 20.5 Å². The lowest BCUT2D eigenvalue weighted by molar-refractivity contribution is -0.139. The Balaban J connectivity index is 1.69. The fourth-order valence-electron chi connectivity index (χ4n) is 3.06. The summed E-state index contributed by atoms with van der Waals surface area (Å²) in [5.74, 6) is 0.0143. The highest BCUT2D eigenvalue weighted by Crippen LogP contribution is 2.30. The number of rotatable bonds is 9. The highest BCUT2D eigenvalue weighted by Gasteiger charge is 2.24. The summed E-state index contributed by atoms with van der Waals surface area (Å²) >= 11 is 0. The zero-order valence-corrected chi connectivity index (χ0v) is 18.8. The number of nitrogens with two attached hydrogens (primary N) is 1. The van der Waals surface area contributed by atoms with Crippen molar-refractivity contribution in [1.29, 1.82) is 5.26 Å². The molecule has 0 atom stereocenters. The molecule has 0 unspecified atom stereocenters. The zero-order chi connectivity index (χ0) is 24.7. The predicted molar refractivity (Wildman–Crippen MR) is 120 cm³/mol. The van der Waals surface area contributed by atoms with Gasteiger partial charge in [0.05, 0.1) is 19.1 Å². The first kappa shape index (κ1) is 24.1. The van der Waals surface area contributed by atoms with E-state index in [1.54, 1.807) is 32.0 Å². The second kappa shape index (κ2) is 10.8. The van der Waals surface area contributed by atoms with Crippen LogP contribution in [0.3, 0.4) is 0 Å². The average molecular weight is 466 g/mol. The number of methoxy groups -OCH3 is 1. The number of carbonyl (C=O) groups excluding carboxylic acids is 2. The van der Waals surface area contributed by atoms with Gasteiger partial charge in [-0.3, -0.25) is 0 Å². The highest BCUT2D eigenvalue weighted by atomic mass is 16.5. The lowest BCUT2D eigenvalue weighted by Gasteiger charge is -2.08. The number of fused-ring (bicyclic) bond motifs is 1. The second-order valence-corrected chi connectivity index (χ2v) is 6.76. The summed E-state index contributed by atoms with van der Waals surface area (Å²) in [6.07, 6.45) is 2.75. The topological polar surface area (TPSA) is 160 Å². The molecule has 0 aliphatic heterocycles. The summed E-state index contributed by atoms with van der Waals surface area (Å²) < 4.78 is 26.2. The van der Waals surface area contributed by atoms with Crippen molar-refractivity contribution >= 4 is 34.9 Å². The van der Waals surface area contributed by atoms with Crippen molar-refractivity contribution in [3.8, 4) is 17.6 Å². The molecule has 2 aromatic heterocycles. The summed E-state index contributed by atoms with van der Waals surface area (Å²) in [6.45, 7) is 3.10. The van der Waals surface area contributed by atoms with E-state index in [4.69, 9.17) is 34.4 Å². The van der Waals surface area contributed by atoms with Crippen LogP contribution in [0.4, 0.5) is 5.82 Å². The van der Waals surface area contributed by atoms with Gasteiger partial charge in [0, 0.05) is 6.08 Å². The average Bonchev–Trinajstić information content (AvgIpc) is 3.16. The Morgan fingerprint density at radius 1 is 1.24 bits per heavy atom. The third kappa shape index (κ3) is 5.42. The van der Waals surface area contributed by atoms with Gasteiger partial charge in [-0.2, -0.15) is 10.2 Å². The van der Waals surface area contributed by atoms with Gasteiger partial charge in [0.1, 0.15) is 23.2 Å². The number of nitrogen functional groups attached to an aromatic ring is 1. The molecule has 0 aliphatic rings. The lowest BCUT2D eigenvalue weighted by Crippen LogP contribution is -2.09. The third-order valence-corrected chi connectivity index (χ3v) is 4.52. The van der Waals surface area contributed by atoms with Gasteiger partial charge in [-0.05, 0) is 37.6 Å². The van der Waals surface area contributed by atoms with E-state index in [1.807, 2.05) is 6.07 Å². The van der Waals surface area contributed by atoms with Gasteiger partial charge in [0.2, 0.25) is 5.71 Å². The van der Waals surface area contributed by atoms with Crippen LogP contribution in [-0.4, -0.2) is 42.2 Å². The predicted octanol–water partition coefficient (Wildman–Crippen LogP) is 2.96. The van der Waals surface area contributed by atoms with Crippen LogP contribution in [-0.2, 0) is 20.9 Å². The molecular weight excluding hydrogens is 444 g/mol. The van der Waals surface area contributed by atoms with Crippen LogP contribution in [0.5, 0.6) is 11.5 Å². The number of aryl methyl sites for hydroxylation is 1. The highest BCUT2D eigenvalue weighted by molar-refractivity contribution is 6.07. The summed E-state index contributed by atoms with van der Waals surface area (Å²) in [6, 6.07) is 6.85. The van der Waals surface area contributed by atoms with Crippen molar-refractivity contribution in [3.05, 3.63) is 47.0 Å². The van der Waals surface area contributed by atoms with E-state index in [1.165, 1.54) is 19.3 Å². The number of hydrogen-bond donors (Lipinski definition) is 1. The molecule has 11 heteroatoms. The molecule has 2 N–H and O–H groups in total. The van der Waals surface area contributed by atoms with E-state index in [9.17, 15) is 9.59 Å². The number of furan rings is 1. The van der Waals surface area contributed by atoms with Crippen molar-refractivity contribution < 1.29 is 33.0 Å². The van der Waals surface area contributed by atoms with E-state index in [0.717, 1.165) is 0 Å². The first-order chi connectivity index (χ1) is 16.4. The van der Waals surface area contributed by atoms with Gasteiger partial charge in [0.25, 0.3) is 0 Å². The summed E-state index contributed by atoms with van der Waals surface area (Å²) in [4.78, 5) is 32.6. The van der Waals surface area contributed by atoms with Gasteiger partial charge in [0.15, 0.2) is 30.5 Å². The minimum atomic E-state index is -0.645. The summed E-state index contributed by atoms with van der Waals surface area (Å²) in [5.41, 5.74) is 6.92. The quantitative estimate of drug-likeness (QED) is 0.365. The maximum absolute atomic E-state index is 12.2. The van der Waals surface area contributed by atoms with Crippen LogP contribution in [0.1, 0.15) is 34.4 Å². The van der Waals surface area contributed by atoms with E-state index < -0.39 is 11.9 Å². The largest absolute Gasteiger partial charge is 0.493 e. The van der Waals surface area contributed by atoms with Crippen molar-refractivity contribution in [3.63, 3.8) is 0 Å². The molecule has 2 heterocycles. The minimum Gasteiger partial charge on any atom is -0.493 e. The molecule has 0 aliphatic carbocycles. The SMILES string of the molecule is CCOC(=O)c1c(C)oc2nc(COC(=O)/C=C/c3ccc(OCC#N)c(OC)c3)nc(N)c12. The normalized spacial score (nSPS) is 10.8. The number of anilines is 1. The zero-order valence-electron chi connectivity index (χ0n) is 18.8. The molecule has 3 rings (SSSR count). The van der Waals surface area contributed by atoms with Crippen LogP contribution < -0.4 is 15.2 Å². The smallest absolute Gasteiger partial charge is 0.342 e.